The van der Waals surface area contributed by atoms with E-state index in [-0.39, 0.29) is 11.3 Å². The van der Waals surface area contributed by atoms with E-state index in [9.17, 15) is 5.26 Å². The highest BCUT2D eigenvalue weighted by Crippen LogP contribution is 2.47. The van der Waals surface area contributed by atoms with Crippen molar-refractivity contribution in [1.29, 1.82) is 5.26 Å². The molecule has 4 aliphatic rings. The SMILES string of the molecule is N#Cc1c(F)cc2c3c1-n1c4ccccc4c4cccc(c41)B3c1cc3c(cc1N2c1ccccc1)N(c1ccccc1)c1cc(F)c(F)c2c1B3c1cccc3c4ccccc4n-2c13. The average molecular weight is 837 g/mol. The fourth-order valence-electron chi connectivity index (χ4n) is 12.2. The monoisotopic (exact) mass is 837 g/mol. The molecule has 0 saturated heterocycles. The Balaban J connectivity index is 1.14. The summed E-state index contributed by atoms with van der Waals surface area (Å²) in [5, 5.41) is 14.8. The number of hydrogen-bond donors (Lipinski definition) is 0. The van der Waals surface area contributed by atoms with Crippen LogP contribution in [0.1, 0.15) is 5.56 Å². The van der Waals surface area contributed by atoms with Crippen molar-refractivity contribution in [1.82, 2.24) is 9.13 Å². The maximum atomic E-state index is 17.2. The Kier molecular flexibility index (Phi) is 6.58. The molecule has 2 aromatic heterocycles. The van der Waals surface area contributed by atoms with Crippen LogP contribution in [0, 0.1) is 28.8 Å². The maximum absolute atomic E-state index is 17.2. The third-order valence-corrected chi connectivity index (χ3v) is 14.5. The standard InChI is InChI=1S/C55H28B2F3N5/c58-41-26-47-49-54(36(41)29-61)64-43-23-9-7-17-32(43)34-19-11-21-37(52(34)64)56(49)39-25-40-46(28-45(39)62(47)30-13-3-1-4-14-30)63(31-15-5-2-6-16-31)48-27-42(59)51(60)55-50(48)57(40)38-22-12-20-35-33-18-8-10-24-44(33)65(55)53(35)38/h1-28H. The predicted octanol–water partition coefficient (Wildman–Crippen LogP) is 9.40. The summed E-state index contributed by atoms with van der Waals surface area (Å²) in [6.45, 7) is -0.939. The second-order valence-electron chi connectivity index (χ2n) is 17.5. The zero-order valence-electron chi connectivity index (χ0n) is 34.2. The molecule has 11 aromatic rings. The van der Waals surface area contributed by atoms with Crippen molar-refractivity contribution in [3.05, 3.63) is 193 Å². The zero-order chi connectivity index (χ0) is 43.0. The molecule has 10 heteroatoms. The van der Waals surface area contributed by atoms with E-state index in [4.69, 9.17) is 0 Å². The summed E-state index contributed by atoms with van der Waals surface area (Å²) in [7, 11) is 0. The number of halogens is 3. The lowest BCUT2D eigenvalue weighted by Crippen LogP contribution is -2.64. The van der Waals surface area contributed by atoms with E-state index in [1.807, 2.05) is 108 Å². The van der Waals surface area contributed by atoms with Crippen LogP contribution in [0.2, 0.25) is 0 Å². The van der Waals surface area contributed by atoms with E-state index < -0.39 is 30.9 Å². The van der Waals surface area contributed by atoms with Gasteiger partial charge in [-0.2, -0.15) is 5.26 Å². The Morgan fingerprint density at radius 2 is 0.877 bits per heavy atom. The summed E-state index contributed by atoms with van der Waals surface area (Å²) in [5.74, 6) is -2.44. The fourth-order valence-corrected chi connectivity index (χ4v) is 12.2. The first-order valence-electron chi connectivity index (χ1n) is 21.7. The van der Waals surface area contributed by atoms with E-state index in [0.717, 1.165) is 93.7 Å². The quantitative estimate of drug-likeness (QED) is 0.163. The zero-order valence-corrected chi connectivity index (χ0v) is 34.2. The summed E-state index contributed by atoms with van der Waals surface area (Å²) in [6, 6.07) is 58.1. The van der Waals surface area contributed by atoms with Crippen molar-refractivity contribution in [2.75, 3.05) is 9.80 Å². The van der Waals surface area contributed by atoms with Gasteiger partial charge < -0.3 is 18.9 Å². The predicted molar refractivity (Wildman–Crippen MR) is 258 cm³/mol. The Morgan fingerprint density at radius 3 is 1.42 bits per heavy atom. The van der Waals surface area contributed by atoms with Gasteiger partial charge >= 0.3 is 0 Å². The molecule has 0 N–H and O–H groups in total. The highest BCUT2D eigenvalue weighted by molar-refractivity contribution is 7.03. The number of nitrogens with zero attached hydrogens (tertiary/aromatic N) is 5. The second kappa shape index (κ2) is 12.2. The summed E-state index contributed by atoms with van der Waals surface area (Å²) < 4.78 is 54.8. The van der Waals surface area contributed by atoms with Gasteiger partial charge in [-0.1, -0.05) is 115 Å². The van der Waals surface area contributed by atoms with Gasteiger partial charge in [0.25, 0.3) is 13.4 Å². The number of fused-ring (bicyclic) bond motifs is 14. The Hall–Kier alpha value is -8.41. The minimum Gasteiger partial charge on any atom is -0.311 e. The van der Waals surface area contributed by atoms with Gasteiger partial charge in [-0.25, -0.2) is 13.2 Å². The lowest BCUT2D eigenvalue weighted by Gasteiger charge is -2.44. The molecule has 0 radical (unpaired) electrons. The third-order valence-electron chi connectivity index (χ3n) is 14.5. The highest BCUT2D eigenvalue weighted by Gasteiger charge is 2.48. The average Bonchev–Trinajstić information content (AvgIpc) is 3.86. The Bertz CT molecular complexity index is 4040. The van der Waals surface area contributed by atoms with Gasteiger partial charge in [-0.15, -0.1) is 0 Å². The number of rotatable bonds is 2. The van der Waals surface area contributed by atoms with Crippen molar-refractivity contribution >= 4 is 124 Å². The second-order valence-corrected chi connectivity index (χ2v) is 17.5. The normalized spacial score (nSPS) is 13.6. The van der Waals surface area contributed by atoms with Gasteiger partial charge in [0.1, 0.15) is 17.4 Å². The number of aromatic nitrogens is 2. The largest absolute Gasteiger partial charge is 0.311 e. The van der Waals surface area contributed by atoms with Crippen LogP contribution < -0.4 is 42.6 Å². The molecular formula is C55H28B2F3N5. The number of nitriles is 1. The molecule has 0 saturated carbocycles. The minimum absolute atomic E-state index is 0.0153. The molecule has 6 heterocycles. The van der Waals surface area contributed by atoms with E-state index in [1.54, 1.807) is 0 Å². The topological polar surface area (TPSA) is 40.1 Å². The number of hydrogen-bond acceptors (Lipinski definition) is 3. The van der Waals surface area contributed by atoms with Crippen LogP contribution >= 0.6 is 0 Å². The van der Waals surface area contributed by atoms with Gasteiger partial charge in [-0.05, 0) is 81.3 Å². The summed E-state index contributed by atoms with van der Waals surface area (Å²) in [6.07, 6.45) is 0. The molecule has 0 amide bonds. The van der Waals surface area contributed by atoms with Crippen molar-refractivity contribution in [2.24, 2.45) is 0 Å². The number of anilines is 6. The van der Waals surface area contributed by atoms with E-state index in [1.165, 1.54) is 12.1 Å². The van der Waals surface area contributed by atoms with Gasteiger partial charge in [0.15, 0.2) is 11.6 Å². The van der Waals surface area contributed by atoms with Crippen LogP contribution in [0.25, 0.3) is 55.0 Å². The van der Waals surface area contributed by atoms with Crippen LogP contribution in [-0.2, 0) is 0 Å². The Labute approximate surface area is 370 Å². The smallest absolute Gasteiger partial charge is 0.252 e. The fraction of sp³-hybridized carbons (Fsp3) is 0. The molecule has 9 aromatic carbocycles. The van der Waals surface area contributed by atoms with Gasteiger partial charge in [0, 0.05) is 72.8 Å². The van der Waals surface area contributed by atoms with Gasteiger partial charge in [0.2, 0.25) is 0 Å². The van der Waals surface area contributed by atoms with E-state index in [2.05, 4.69) is 75.0 Å². The van der Waals surface area contributed by atoms with E-state index >= 15 is 13.2 Å². The molecule has 0 atom stereocenters. The van der Waals surface area contributed by atoms with Crippen molar-refractivity contribution in [3.63, 3.8) is 0 Å². The Morgan fingerprint density at radius 1 is 0.415 bits per heavy atom. The molecule has 5 nitrogen and oxygen atoms in total. The van der Waals surface area contributed by atoms with E-state index in [0.29, 0.717) is 22.5 Å². The molecule has 0 bridgehead atoms. The molecule has 0 unspecified atom stereocenters. The molecule has 4 aliphatic heterocycles. The molecule has 300 valence electrons. The third kappa shape index (κ3) is 4.17. The van der Waals surface area contributed by atoms with Crippen molar-refractivity contribution < 1.29 is 13.2 Å². The maximum Gasteiger partial charge on any atom is 0.252 e. The van der Waals surface area contributed by atoms with Gasteiger partial charge in [-0.3, -0.25) is 0 Å². The first kappa shape index (κ1) is 35.1. The van der Waals surface area contributed by atoms with Crippen LogP contribution in [0.3, 0.4) is 0 Å². The van der Waals surface area contributed by atoms with Crippen LogP contribution in [-0.4, -0.2) is 22.6 Å². The molecule has 0 spiro atoms. The first-order chi connectivity index (χ1) is 32.0. The lowest BCUT2D eigenvalue weighted by atomic mass is 9.30. The summed E-state index contributed by atoms with van der Waals surface area (Å²) in [4.78, 5) is 4.17. The minimum atomic E-state index is -0.938. The van der Waals surface area contributed by atoms with Gasteiger partial charge in [0.05, 0.1) is 22.4 Å². The summed E-state index contributed by atoms with van der Waals surface area (Å²) in [5.41, 5.74) is 14.0. The van der Waals surface area contributed by atoms with Crippen molar-refractivity contribution in [3.8, 4) is 17.4 Å². The first-order valence-corrected chi connectivity index (χ1v) is 21.7. The van der Waals surface area contributed by atoms with Crippen molar-refractivity contribution in [2.45, 2.75) is 0 Å². The molecule has 0 fully saturated rings. The molecule has 15 rings (SSSR count). The number of benzene rings is 9. The van der Waals surface area contributed by atoms with Crippen LogP contribution in [0.15, 0.2) is 170 Å². The molecule has 65 heavy (non-hydrogen) atoms. The molecule has 0 aliphatic carbocycles. The lowest BCUT2D eigenvalue weighted by molar-refractivity contribution is 0.506. The number of para-hydroxylation sites is 6. The highest BCUT2D eigenvalue weighted by atomic mass is 19.2. The van der Waals surface area contributed by atoms with Crippen LogP contribution in [0.4, 0.5) is 47.3 Å². The van der Waals surface area contributed by atoms with Crippen LogP contribution in [0.5, 0.6) is 0 Å². The summed E-state index contributed by atoms with van der Waals surface area (Å²) >= 11 is 0. The molecular weight excluding hydrogens is 809 g/mol.